The zero-order valence-electron chi connectivity index (χ0n) is 13.8. The van der Waals surface area contributed by atoms with Crippen LogP contribution in [0, 0.1) is 5.41 Å². The molecule has 1 saturated carbocycles. The lowest BCUT2D eigenvalue weighted by Crippen LogP contribution is -2.66. The molecule has 2 heterocycles. The van der Waals surface area contributed by atoms with Crippen LogP contribution in [0.4, 0.5) is 0 Å². The largest absolute Gasteiger partial charge is 0.458 e. The summed E-state index contributed by atoms with van der Waals surface area (Å²) in [5.41, 5.74) is 0.373. The number of carbonyl (C=O) groups is 1. The van der Waals surface area contributed by atoms with E-state index in [4.69, 9.17) is 9.47 Å². The molecular formula is C17H23BrN2O3. The number of halogens is 1. The molecule has 0 radical (unpaired) electrons. The monoisotopic (exact) mass is 382 g/mol. The number of aromatic nitrogens is 1. The highest BCUT2D eigenvalue weighted by molar-refractivity contribution is 9.10. The van der Waals surface area contributed by atoms with E-state index >= 15 is 0 Å². The number of nitrogens with zero attached hydrogens (tertiary/aromatic N) is 1. The Morgan fingerprint density at radius 1 is 1.39 bits per heavy atom. The van der Waals surface area contributed by atoms with Gasteiger partial charge in [0.25, 0.3) is 0 Å². The third kappa shape index (κ3) is 3.44. The Morgan fingerprint density at radius 2 is 2.09 bits per heavy atom. The number of hydrogen-bond donors (Lipinski definition) is 1. The molecule has 23 heavy (non-hydrogen) atoms. The van der Waals surface area contributed by atoms with Crippen LogP contribution in [0.5, 0.6) is 0 Å². The third-order valence-corrected chi connectivity index (χ3v) is 5.09. The first-order valence-electron chi connectivity index (χ1n) is 7.91. The Kier molecular flexibility index (Phi) is 4.27. The van der Waals surface area contributed by atoms with E-state index < -0.39 is 11.2 Å². The lowest BCUT2D eigenvalue weighted by molar-refractivity contribution is -0.206. The molecule has 0 unspecified atom stereocenters. The maximum absolute atomic E-state index is 12.0. The van der Waals surface area contributed by atoms with Crippen molar-refractivity contribution in [2.75, 3.05) is 19.7 Å². The highest BCUT2D eigenvalue weighted by Crippen LogP contribution is 2.59. The number of nitrogens with one attached hydrogen (secondary N) is 1. The van der Waals surface area contributed by atoms with Gasteiger partial charge in [-0.2, -0.15) is 0 Å². The van der Waals surface area contributed by atoms with Crippen molar-refractivity contribution >= 4 is 21.9 Å². The molecule has 6 heteroatoms. The van der Waals surface area contributed by atoms with E-state index in [1.807, 2.05) is 32.9 Å². The summed E-state index contributed by atoms with van der Waals surface area (Å²) in [4.78, 5) is 16.3. The van der Waals surface area contributed by atoms with Gasteiger partial charge in [0.1, 0.15) is 16.8 Å². The van der Waals surface area contributed by atoms with Crippen LogP contribution in [0.15, 0.2) is 22.9 Å². The van der Waals surface area contributed by atoms with Crippen LogP contribution >= 0.6 is 15.9 Å². The number of ether oxygens (including phenoxy) is 2. The average molecular weight is 383 g/mol. The van der Waals surface area contributed by atoms with Crippen molar-refractivity contribution in [2.24, 2.45) is 5.41 Å². The summed E-state index contributed by atoms with van der Waals surface area (Å²) in [7, 11) is 0. The zero-order valence-corrected chi connectivity index (χ0v) is 15.4. The van der Waals surface area contributed by atoms with Gasteiger partial charge in [0.05, 0.1) is 5.60 Å². The van der Waals surface area contributed by atoms with Crippen molar-refractivity contribution in [3.8, 4) is 0 Å². The molecule has 0 amide bonds. The summed E-state index contributed by atoms with van der Waals surface area (Å²) in [6.07, 6.45) is 3.55. The minimum absolute atomic E-state index is 0.0396. The number of carbonyl (C=O) groups excluding carboxylic acids is 1. The average Bonchev–Trinajstić information content (AvgIpc) is 2.35. The highest BCUT2D eigenvalue weighted by atomic mass is 79.9. The van der Waals surface area contributed by atoms with E-state index in [-0.39, 0.29) is 12.6 Å². The Hall–Kier alpha value is -0.980. The van der Waals surface area contributed by atoms with Crippen molar-refractivity contribution in [3.63, 3.8) is 0 Å². The van der Waals surface area contributed by atoms with Crippen LogP contribution < -0.4 is 5.32 Å². The Labute approximate surface area is 145 Å². The van der Waals surface area contributed by atoms with E-state index in [0.717, 1.165) is 36.1 Å². The van der Waals surface area contributed by atoms with Crippen molar-refractivity contribution in [1.82, 2.24) is 10.3 Å². The summed E-state index contributed by atoms with van der Waals surface area (Å²) in [5, 5.41) is 3.33. The van der Waals surface area contributed by atoms with E-state index in [9.17, 15) is 4.79 Å². The van der Waals surface area contributed by atoms with Gasteiger partial charge in [-0.05, 0) is 55.6 Å². The van der Waals surface area contributed by atoms with Crippen LogP contribution in [-0.2, 0) is 19.9 Å². The molecule has 2 aliphatic rings. The summed E-state index contributed by atoms with van der Waals surface area (Å²) >= 11 is 3.52. The molecule has 0 atom stereocenters. The van der Waals surface area contributed by atoms with Crippen molar-refractivity contribution in [3.05, 3.63) is 28.5 Å². The molecular weight excluding hydrogens is 360 g/mol. The smallest absolute Gasteiger partial charge is 0.332 e. The molecule has 1 aliphatic heterocycles. The maximum Gasteiger partial charge on any atom is 0.332 e. The molecule has 1 saturated heterocycles. The zero-order chi connectivity index (χ0) is 16.7. The van der Waals surface area contributed by atoms with Gasteiger partial charge >= 0.3 is 5.97 Å². The van der Waals surface area contributed by atoms with Gasteiger partial charge in [0.15, 0.2) is 0 Å². The van der Waals surface area contributed by atoms with Gasteiger partial charge < -0.3 is 14.8 Å². The molecule has 3 rings (SSSR count). The molecule has 1 aromatic rings. The predicted molar refractivity (Wildman–Crippen MR) is 89.9 cm³/mol. The van der Waals surface area contributed by atoms with Crippen molar-refractivity contribution < 1.29 is 14.3 Å². The molecule has 126 valence electrons. The molecule has 1 spiro atoms. The van der Waals surface area contributed by atoms with Gasteiger partial charge in [0.2, 0.25) is 0 Å². The first kappa shape index (κ1) is 16.9. The lowest BCUT2D eigenvalue weighted by Gasteiger charge is -2.60. The Balaban J connectivity index is 1.73. The fourth-order valence-electron chi connectivity index (χ4n) is 3.55. The molecule has 5 nitrogen and oxygen atoms in total. The van der Waals surface area contributed by atoms with Crippen molar-refractivity contribution in [1.29, 1.82) is 0 Å². The van der Waals surface area contributed by atoms with E-state index in [1.54, 1.807) is 6.20 Å². The SMILES string of the molecule is CC(C)(C)OC(=O)COC1(c2cccnc2Br)CC2(CNC2)C1. The second-order valence-corrected chi connectivity index (χ2v) is 8.42. The number of esters is 1. The van der Waals surface area contributed by atoms with Crippen LogP contribution in [0.3, 0.4) is 0 Å². The van der Waals surface area contributed by atoms with Crippen LogP contribution in [0.2, 0.25) is 0 Å². The second kappa shape index (κ2) is 5.83. The molecule has 1 aliphatic carbocycles. The molecule has 1 N–H and O–H groups in total. The predicted octanol–water partition coefficient (Wildman–Crippen LogP) is 2.78. The normalized spacial score (nSPS) is 21.4. The highest BCUT2D eigenvalue weighted by Gasteiger charge is 2.59. The molecule has 2 fully saturated rings. The number of hydrogen-bond acceptors (Lipinski definition) is 5. The first-order chi connectivity index (χ1) is 10.7. The Morgan fingerprint density at radius 3 is 2.61 bits per heavy atom. The van der Waals surface area contributed by atoms with E-state index in [1.165, 1.54) is 0 Å². The fourth-order valence-corrected chi connectivity index (χ4v) is 4.16. The van der Waals surface area contributed by atoms with Crippen LogP contribution in [0.1, 0.15) is 39.2 Å². The van der Waals surface area contributed by atoms with Gasteiger partial charge in [0, 0.05) is 30.3 Å². The second-order valence-electron chi connectivity index (χ2n) is 7.67. The quantitative estimate of drug-likeness (QED) is 0.640. The summed E-state index contributed by atoms with van der Waals surface area (Å²) in [6.45, 7) is 7.57. The van der Waals surface area contributed by atoms with Gasteiger partial charge in [-0.3, -0.25) is 0 Å². The molecule has 1 aromatic heterocycles. The van der Waals surface area contributed by atoms with Crippen LogP contribution in [0.25, 0.3) is 0 Å². The summed E-state index contributed by atoms with van der Waals surface area (Å²) in [6, 6.07) is 3.92. The maximum atomic E-state index is 12.0. The van der Waals surface area contributed by atoms with Crippen LogP contribution in [-0.4, -0.2) is 36.3 Å². The lowest BCUT2D eigenvalue weighted by atomic mass is 9.54. The molecule has 0 aromatic carbocycles. The Bertz CT molecular complexity index is 600. The van der Waals surface area contributed by atoms with E-state index in [2.05, 4.69) is 26.2 Å². The van der Waals surface area contributed by atoms with E-state index in [0.29, 0.717) is 5.41 Å². The van der Waals surface area contributed by atoms with Gasteiger partial charge in [-0.25, -0.2) is 9.78 Å². The molecule has 0 bridgehead atoms. The van der Waals surface area contributed by atoms with Crippen molar-refractivity contribution in [2.45, 2.75) is 44.8 Å². The fraction of sp³-hybridized carbons (Fsp3) is 0.647. The minimum Gasteiger partial charge on any atom is -0.458 e. The third-order valence-electron chi connectivity index (χ3n) is 4.46. The topological polar surface area (TPSA) is 60.5 Å². The number of rotatable bonds is 4. The number of pyridine rings is 1. The van der Waals surface area contributed by atoms with Gasteiger partial charge in [-0.1, -0.05) is 6.07 Å². The minimum atomic E-state index is -0.499. The van der Waals surface area contributed by atoms with Gasteiger partial charge in [-0.15, -0.1) is 0 Å². The summed E-state index contributed by atoms with van der Waals surface area (Å²) in [5.74, 6) is -0.329. The standard InChI is InChI=1S/C17H23BrN2O3/c1-15(2,3)23-13(21)7-22-17(8-16(9-17)10-19-11-16)12-5-4-6-20-14(12)18/h4-6,19H,7-11H2,1-3H3. The first-order valence-corrected chi connectivity index (χ1v) is 8.71. The summed E-state index contributed by atoms with van der Waals surface area (Å²) < 4.78 is 12.2.